The molecule has 0 saturated carbocycles. The van der Waals surface area contributed by atoms with Gasteiger partial charge in [-0.25, -0.2) is 0 Å². The molecule has 1 atom stereocenters. The molecule has 1 amide bonds. The van der Waals surface area contributed by atoms with E-state index in [1.165, 1.54) is 0 Å². The Bertz CT molecular complexity index is 440. The van der Waals surface area contributed by atoms with Crippen molar-refractivity contribution >= 4 is 5.91 Å². The van der Waals surface area contributed by atoms with Crippen LogP contribution in [-0.2, 0) is 16.6 Å². The van der Waals surface area contributed by atoms with Crippen LogP contribution < -0.4 is 11.1 Å². The summed E-state index contributed by atoms with van der Waals surface area (Å²) >= 11 is 0. The first-order chi connectivity index (χ1) is 9.06. The number of carbonyl (C=O) groups excluding carboxylic acids is 1. The molecule has 1 aromatic rings. The Hall–Kier alpha value is -1.44. The maximum Gasteiger partial charge on any atom is 0.242 e. The second-order valence-corrected chi connectivity index (χ2v) is 4.97. The molecule has 106 valence electrons. The first-order valence-corrected chi connectivity index (χ1v) is 6.31. The lowest BCUT2D eigenvalue weighted by molar-refractivity contribution is -0.126. The van der Waals surface area contributed by atoms with E-state index < -0.39 is 11.6 Å². The van der Waals surface area contributed by atoms with Gasteiger partial charge in [-0.1, -0.05) is 0 Å². The number of amides is 1. The predicted molar refractivity (Wildman–Crippen MR) is 68.1 cm³/mol. The average Bonchev–Trinajstić information content (AvgIpc) is 2.85. The van der Waals surface area contributed by atoms with Crippen molar-refractivity contribution in [3.05, 3.63) is 18.0 Å². The number of aliphatic hydroxyl groups is 1. The van der Waals surface area contributed by atoms with Crippen molar-refractivity contribution in [2.24, 2.45) is 12.8 Å². The highest BCUT2D eigenvalue weighted by Gasteiger charge is 2.35. The first-order valence-electron chi connectivity index (χ1n) is 6.31. The van der Waals surface area contributed by atoms with E-state index in [0.717, 1.165) is 0 Å². The van der Waals surface area contributed by atoms with Crippen molar-refractivity contribution in [1.82, 2.24) is 15.1 Å². The Morgan fingerprint density at radius 3 is 2.89 bits per heavy atom. The Kier molecular flexibility index (Phi) is 4.18. The fourth-order valence-corrected chi connectivity index (χ4v) is 2.18. The Morgan fingerprint density at radius 1 is 1.68 bits per heavy atom. The van der Waals surface area contributed by atoms with Crippen LogP contribution in [0.3, 0.4) is 0 Å². The van der Waals surface area contributed by atoms with Crippen LogP contribution in [0, 0.1) is 0 Å². The summed E-state index contributed by atoms with van der Waals surface area (Å²) in [7, 11) is 1.77. The van der Waals surface area contributed by atoms with E-state index in [2.05, 4.69) is 10.4 Å². The van der Waals surface area contributed by atoms with Crippen LogP contribution in [0.15, 0.2) is 12.4 Å². The SMILES string of the molecule is Cn1cc(C(N)C(=O)NC2(CO)CCOCC2)cn1. The van der Waals surface area contributed by atoms with E-state index in [1.54, 1.807) is 24.1 Å². The normalized spacial score (nSPS) is 19.9. The standard InChI is InChI=1S/C12H20N4O3/c1-16-7-9(6-14-16)10(13)11(18)15-12(8-17)2-4-19-5-3-12/h6-7,10,17H,2-5,8,13H2,1H3,(H,15,18). The molecule has 1 aromatic heterocycles. The summed E-state index contributed by atoms with van der Waals surface area (Å²) in [6.45, 7) is 0.952. The van der Waals surface area contributed by atoms with Gasteiger partial charge in [0.2, 0.25) is 5.91 Å². The van der Waals surface area contributed by atoms with Crippen LogP contribution in [0.25, 0.3) is 0 Å². The molecule has 1 unspecified atom stereocenters. The van der Waals surface area contributed by atoms with Gasteiger partial charge in [0.05, 0.1) is 18.3 Å². The lowest BCUT2D eigenvalue weighted by atomic mass is 9.90. The van der Waals surface area contributed by atoms with Crippen LogP contribution >= 0.6 is 0 Å². The van der Waals surface area contributed by atoms with Gasteiger partial charge in [-0.2, -0.15) is 5.10 Å². The number of aryl methyl sites for hydroxylation is 1. The maximum absolute atomic E-state index is 12.2. The third-order valence-electron chi connectivity index (χ3n) is 3.51. The fraction of sp³-hybridized carbons (Fsp3) is 0.667. The second-order valence-electron chi connectivity index (χ2n) is 4.97. The second kappa shape index (κ2) is 5.68. The number of aromatic nitrogens is 2. The first kappa shape index (κ1) is 14.0. The number of aliphatic hydroxyl groups excluding tert-OH is 1. The number of ether oxygens (including phenoxy) is 1. The summed E-state index contributed by atoms with van der Waals surface area (Å²) in [5, 5.41) is 16.4. The molecule has 2 heterocycles. The molecule has 19 heavy (non-hydrogen) atoms. The smallest absolute Gasteiger partial charge is 0.242 e. The molecule has 7 heteroatoms. The monoisotopic (exact) mass is 268 g/mol. The van der Waals surface area contributed by atoms with Crippen molar-refractivity contribution in [1.29, 1.82) is 0 Å². The number of nitrogens with zero attached hydrogens (tertiary/aromatic N) is 2. The van der Waals surface area contributed by atoms with Gasteiger partial charge in [-0.15, -0.1) is 0 Å². The minimum atomic E-state index is -0.778. The van der Waals surface area contributed by atoms with Gasteiger partial charge in [0.15, 0.2) is 0 Å². The van der Waals surface area contributed by atoms with Gasteiger partial charge in [0.25, 0.3) is 0 Å². The van der Waals surface area contributed by atoms with Gasteiger partial charge in [0.1, 0.15) is 6.04 Å². The molecule has 2 rings (SSSR count). The zero-order chi connectivity index (χ0) is 13.9. The molecule has 0 aliphatic carbocycles. The molecular weight excluding hydrogens is 248 g/mol. The maximum atomic E-state index is 12.2. The van der Waals surface area contributed by atoms with Crippen molar-refractivity contribution in [3.63, 3.8) is 0 Å². The van der Waals surface area contributed by atoms with Crippen molar-refractivity contribution < 1.29 is 14.6 Å². The van der Waals surface area contributed by atoms with E-state index in [0.29, 0.717) is 31.6 Å². The largest absolute Gasteiger partial charge is 0.394 e. The molecule has 0 aromatic carbocycles. The zero-order valence-corrected chi connectivity index (χ0v) is 11.0. The van der Waals surface area contributed by atoms with E-state index in [1.807, 2.05) is 0 Å². The zero-order valence-electron chi connectivity index (χ0n) is 11.0. The highest BCUT2D eigenvalue weighted by atomic mass is 16.5. The Balaban J connectivity index is 2.03. The number of hydrogen-bond acceptors (Lipinski definition) is 5. The Morgan fingerprint density at radius 2 is 2.37 bits per heavy atom. The summed E-state index contributed by atoms with van der Waals surface area (Å²) in [6.07, 6.45) is 4.46. The molecule has 0 bridgehead atoms. The molecule has 1 aliphatic heterocycles. The molecular formula is C12H20N4O3. The molecule has 0 spiro atoms. The van der Waals surface area contributed by atoms with E-state index in [4.69, 9.17) is 10.5 Å². The molecule has 1 fully saturated rings. The van der Waals surface area contributed by atoms with E-state index in [-0.39, 0.29) is 12.5 Å². The summed E-state index contributed by atoms with van der Waals surface area (Å²) < 4.78 is 6.85. The lowest BCUT2D eigenvalue weighted by Gasteiger charge is -2.36. The van der Waals surface area contributed by atoms with Gasteiger partial charge < -0.3 is 20.9 Å². The topological polar surface area (TPSA) is 102 Å². The molecule has 4 N–H and O–H groups in total. The summed E-state index contributed by atoms with van der Waals surface area (Å²) in [5.74, 6) is -0.302. The van der Waals surface area contributed by atoms with Crippen molar-refractivity contribution in [2.45, 2.75) is 24.4 Å². The van der Waals surface area contributed by atoms with Crippen LogP contribution in [-0.4, -0.2) is 46.2 Å². The quantitative estimate of drug-likeness (QED) is 0.655. The Labute approximate surface area is 111 Å². The van der Waals surface area contributed by atoms with E-state index in [9.17, 15) is 9.90 Å². The van der Waals surface area contributed by atoms with E-state index >= 15 is 0 Å². The van der Waals surface area contributed by atoms with Gasteiger partial charge >= 0.3 is 0 Å². The van der Waals surface area contributed by atoms with Crippen LogP contribution in [0.1, 0.15) is 24.4 Å². The van der Waals surface area contributed by atoms with Crippen LogP contribution in [0.4, 0.5) is 0 Å². The van der Waals surface area contributed by atoms with Crippen LogP contribution in [0.2, 0.25) is 0 Å². The number of rotatable bonds is 4. The number of carbonyl (C=O) groups is 1. The predicted octanol–water partition coefficient (Wildman–Crippen LogP) is -0.922. The summed E-state index contributed by atoms with van der Waals surface area (Å²) in [5.41, 5.74) is 5.94. The minimum Gasteiger partial charge on any atom is -0.394 e. The summed E-state index contributed by atoms with van der Waals surface area (Å²) in [6, 6.07) is -0.778. The molecule has 0 radical (unpaired) electrons. The molecule has 1 saturated heterocycles. The number of hydrogen-bond donors (Lipinski definition) is 3. The van der Waals surface area contributed by atoms with Crippen LogP contribution in [0.5, 0.6) is 0 Å². The number of nitrogens with one attached hydrogen (secondary N) is 1. The molecule has 1 aliphatic rings. The minimum absolute atomic E-state index is 0.109. The van der Waals surface area contributed by atoms with Crippen molar-refractivity contribution in [3.8, 4) is 0 Å². The van der Waals surface area contributed by atoms with Gasteiger partial charge in [-0.3, -0.25) is 9.48 Å². The van der Waals surface area contributed by atoms with Crippen molar-refractivity contribution in [2.75, 3.05) is 19.8 Å². The summed E-state index contributed by atoms with van der Waals surface area (Å²) in [4.78, 5) is 12.2. The number of nitrogens with two attached hydrogens (primary N) is 1. The third kappa shape index (κ3) is 3.12. The highest BCUT2D eigenvalue weighted by Crippen LogP contribution is 2.21. The molecule has 7 nitrogen and oxygen atoms in total. The van der Waals surface area contributed by atoms with Gasteiger partial charge in [0, 0.05) is 32.0 Å². The average molecular weight is 268 g/mol. The van der Waals surface area contributed by atoms with Gasteiger partial charge in [-0.05, 0) is 12.8 Å². The highest BCUT2D eigenvalue weighted by molar-refractivity contribution is 5.83. The fourth-order valence-electron chi connectivity index (χ4n) is 2.18. The lowest BCUT2D eigenvalue weighted by Crippen LogP contribution is -2.56. The third-order valence-corrected chi connectivity index (χ3v) is 3.51.